The lowest BCUT2D eigenvalue weighted by Crippen LogP contribution is -2.06. The predicted octanol–water partition coefficient (Wildman–Crippen LogP) is 3.88. The van der Waals surface area contributed by atoms with Crippen molar-refractivity contribution in [1.82, 2.24) is 0 Å². The second-order valence-electron chi connectivity index (χ2n) is 5.39. The van der Waals surface area contributed by atoms with E-state index in [0.717, 1.165) is 24.1 Å². The molecule has 0 aliphatic carbocycles. The molecule has 0 spiro atoms. The van der Waals surface area contributed by atoms with E-state index in [1.54, 1.807) is 6.08 Å². The van der Waals surface area contributed by atoms with Crippen LogP contribution in [0.25, 0.3) is 6.08 Å². The molecule has 1 heterocycles. The lowest BCUT2D eigenvalue weighted by molar-refractivity contribution is -0.129. The van der Waals surface area contributed by atoms with Gasteiger partial charge in [0.25, 0.3) is 0 Å². The number of methoxy groups -OCH3 is 1. The quantitative estimate of drug-likeness (QED) is 0.625. The highest BCUT2D eigenvalue weighted by molar-refractivity contribution is 6.12. The molecule has 4 nitrogen and oxygen atoms in total. The minimum Gasteiger partial charge on any atom is -0.496 e. The topological polar surface area (TPSA) is 47.9 Å². The van der Waals surface area contributed by atoms with Gasteiger partial charge in [0.1, 0.15) is 5.75 Å². The number of halogens is 2. The van der Waals surface area contributed by atoms with Crippen LogP contribution >= 0.6 is 0 Å². The molecule has 2 aromatic rings. The lowest BCUT2D eigenvalue weighted by atomic mass is 10.1. The monoisotopic (exact) mass is 343 g/mol. The van der Waals surface area contributed by atoms with Crippen molar-refractivity contribution < 1.29 is 23.0 Å². The smallest absolute Gasteiger partial charge is 0.363 e. The standard InChI is InChI=1S/C19H15F2NO3/c1-3-11-4-7-17(24-2)13(8-11)10-16-19(23)25-18(22-16)12-5-6-14(20)15(21)9-12/h4-10H,3H2,1-2H3/b16-10+. The number of cyclic esters (lactones) is 1. The van der Waals surface area contributed by atoms with E-state index in [1.165, 1.54) is 13.2 Å². The number of nitrogens with zero attached hydrogens (tertiary/aromatic N) is 1. The third-order valence-electron chi connectivity index (χ3n) is 3.78. The number of carbonyl (C=O) groups excluding carboxylic acids is 1. The van der Waals surface area contributed by atoms with E-state index in [9.17, 15) is 13.6 Å². The predicted molar refractivity (Wildman–Crippen MR) is 89.3 cm³/mol. The molecule has 0 bridgehead atoms. The van der Waals surface area contributed by atoms with E-state index in [0.29, 0.717) is 11.3 Å². The van der Waals surface area contributed by atoms with Gasteiger partial charge in [-0.15, -0.1) is 0 Å². The van der Waals surface area contributed by atoms with Crippen LogP contribution in [0.5, 0.6) is 5.75 Å². The molecule has 0 aromatic heterocycles. The zero-order valence-electron chi connectivity index (χ0n) is 13.7. The van der Waals surface area contributed by atoms with Gasteiger partial charge in [-0.25, -0.2) is 18.6 Å². The molecule has 1 aliphatic heterocycles. The first-order valence-electron chi connectivity index (χ1n) is 7.66. The Morgan fingerprint density at radius 3 is 2.64 bits per heavy atom. The molecule has 0 N–H and O–H groups in total. The van der Waals surface area contributed by atoms with Crippen LogP contribution in [0.3, 0.4) is 0 Å². The molecular weight excluding hydrogens is 328 g/mol. The van der Waals surface area contributed by atoms with Gasteiger partial charge in [0.05, 0.1) is 7.11 Å². The van der Waals surface area contributed by atoms with Crippen molar-refractivity contribution in [2.24, 2.45) is 4.99 Å². The second kappa shape index (κ2) is 6.84. The number of ether oxygens (including phenoxy) is 2. The van der Waals surface area contributed by atoms with Crippen LogP contribution in [0.1, 0.15) is 23.6 Å². The zero-order valence-corrected chi connectivity index (χ0v) is 13.7. The summed E-state index contributed by atoms with van der Waals surface area (Å²) in [5, 5.41) is 0. The first kappa shape index (κ1) is 16.8. The molecule has 3 rings (SSSR count). The summed E-state index contributed by atoms with van der Waals surface area (Å²) in [5.41, 5.74) is 2.00. The number of benzene rings is 2. The molecule has 0 amide bonds. The Bertz CT molecular complexity index is 904. The maximum atomic E-state index is 13.4. The summed E-state index contributed by atoms with van der Waals surface area (Å²) in [7, 11) is 1.53. The molecule has 0 radical (unpaired) electrons. The molecule has 0 unspecified atom stereocenters. The molecule has 1 aliphatic rings. The molecule has 6 heteroatoms. The first-order valence-corrected chi connectivity index (χ1v) is 7.66. The fourth-order valence-electron chi connectivity index (χ4n) is 2.43. The number of carbonyl (C=O) groups is 1. The average molecular weight is 343 g/mol. The van der Waals surface area contributed by atoms with Gasteiger partial charge in [-0.2, -0.15) is 0 Å². The van der Waals surface area contributed by atoms with Crippen molar-refractivity contribution in [3.8, 4) is 5.75 Å². The number of hydrogen-bond acceptors (Lipinski definition) is 4. The van der Waals surface area contributed by atoms with Crippen LogP contribution in [0.4, 0.5) is 8.78 Å². The van der Waals surface area contributed by atoms with E-state index < -0.39 is 17.6 Å². The Morgan fingerprint density at radius 1 is 1.16 bits per heavy atom. The largest absolute Gasteiger partial charge is 0.496 e. The van der Waals surface area contributed by atoms with Gasteiger partial charge < -0.3 is 9.47 Å². The van der Waals surface area contributed by atoms with Crippen molar-refractivity contribution in [2.75, 3.05) is 7.11 Å². The molecule has 0 saturated carbocycles. The number of rotatable bonds is 4. The van der Waals surface area contributed by atoms with Crippen molar-refractivity contribution in [1.29, 1.82) is 0 Å². The van der Waals surface area contributed by atoms with Crippen LogP contribution in [0.2, 0.25) is 0 Å². The molecule has 25 heavy (non-hydrogen) atoms. The SMILES string of the molecule is CCc1ccc(OC)c(/C=C2/N=C(c3ccc(F)c(F)c3)OC2=O)c1. The molecule has 2 aromatic carbocycles. The number of hydrogen-bond donors (Lipinski definition) is 0. The summed E-state index contributed by atoms with van der Waals surface area (Å²) >= 11 is 0. The summed E-state index contributed by atoms with van der Waals surface area (Å²) in [4.78, 5) is 16.2. The normalized spacial score (nSPS) is 15.3. The number of aliphatic imine (C=N–C) groups is 1. The van der Waals surface area contributed by atoms with Crippen LogP contribution in [0, 0.1) is 11.6 Å². The lowest BCUT2D eigenvalue weighted by Gasteiger charge is -2.06. The van der Waals surface area contributed by atoms with Crippen LogP contribution in [-0.2, 0) is 16.0 Å². The molecule has 128 valence electrons. The first-order chi connectivity index (χ1) is 12.0. The minimum absolute atomic E-state index is 0.0614. The van der Waals surface area contributed by atoms with Gasteiger partial charge >= 0.3 is 5.97 Å². The number of esters is 1. The Balaban J connectivity index is 2.00. The highest BCUT2D eigenvalue weighted by Gasteiger charge is 2.25. The molecule has 0 saturated heterocycles. The summed E-state index contributed by atoms with van der Waals surface area (Å²) in [6, 6.07) is 8.82. The third-order valence-corrected chi connectivity index (χ3v) is 3.78. The molecule has 0 atom stereocenters. The van der Waals surface area contributed by atoms with Crippen LogP contribution in [0.15, 0.2) is 47.1 Å². The van der Waals surface area contributed by atoms with Gasteiger partial charge in [-0.1, -0.05) is 13.0 Å². The van der Waals surface area contributed by atoms with Gasteiger partial charge in [-0.3, -0.25) is 0 Å². The van der Waals surface area contributed by atoms with E-state index in [1.807, 2.05) is 25.1 Å². The second-order valence-corrected chi connectivity index (χ2v) is 5.39. The van der Waals surface area contributed by atoms with E-state index >= 15 is 0 Å². The highest BCUT2D eigenvalue weighted by Crippen LogP contribution is 2.26. The maximum absolute atomic E-state index is 13.4. The molecular formula is C19H15F2NO3. The van der Waals surface area contributed by atoms with E-state index in [2.05, 4.69) is 4.99 Å². The fraction of sp³-hybridized carbons (Fsp3) is 0.158. The van der Waals surface area contributed by atoms with Crippen LogP contribution < -0.4 is 4.74 Å². The van der Waals surface area contributed by atoms with Crippen molar-refractivity contribution in [3.63, 3.8) is 0 Å². The highest BCUT2D eigenvalue weighted by atomic mass is 19.2. The summed E-state index contributed by atoms with van der Waals surface area (Å²) in [6.07, 6.45) is 2.38. The van der Waals surface area contributed by atoms with E-state index in [-0.39, 0.29) is 17.2 Å². The summed E-state index contributed by atoms with van der Waals surface area (Å²) in [6.45, 7) is 2.02. The number of aryl methyl sites for hydroxylation is 1. The third kappa shape index (κ3) is 3.42. The Morgan fingerprint density at radius 2 is 1.96 bits per heavy atom. The van der Waals surface area contributed by atoms with Gasteiger partial charge in [0.2, 0.25) is 5.90 Å². The van der Waals surface area contributed by atoms with Gasteiger partial charge in [0, 0.05) is 11.1 Å². The minimum atomic E-state index is -1.04. The van der Waals surface area contributed by atoms with Gasteiger partial charge in [0.15, 0.2) is 17.3 Å². The fourth-order valence-corrected chi connectivity index (χ4v) is 2.43. The molecule has 0 fully saturated rings. The maximum Gasteiger partial charge on any atom is 0.363 e. The summed E-state index contributed by atoms with van der Waals surface area (Å²) in [5.74, 6) is -2.16. The van der Waals surface area contributed by atoms with Crippen molar-refractivity contribution >= 4 is 17.9 Å². The Hall–Kier alpha value is -3.02. The van der Waals surface area contributed by atoms with Gasteiger partial charge in [-0.05, 0) is 48.4 Å². The Kier molecular flexibility index (Phi) is 4.61. The average Bonchev–Trinajstić information content (AvgIpc) is 2.98. The van der Waals surface area contributed by atoms with Crippen molar-refractivity contribution in [3.05, 3.63) is 70.4 Å². The zero-order chi connectivity index (χ0) is 18.0. The Labute approximate surface area is 143 Å². The van der Waals surface area contributed by atoms with Crippen LogP contribution in [-0.4, -0.2) is 19.0 Å². The van der Waals surface area contributed by atoms with Crippen molar-refractivity contribution in [2.45, 2.75) is 13.3 Å². The van der Waals surface area contributed by atoms with E-state index in [4.69, 9.17) is 9.47 Å². The summed E-state index contributed by atoms with van der Waals surface area (Å²) < 4.78 is 36.8.